The summed E-state index contributed by atoms with van der Waals surface area (Å²) in [6, 6.07) is 1.50. The highest BCUT2D eigenvalue weighted by atomic mass is 16.5. The minimum absolute atomic E-state index is 0.215. The molecule has 3 heterocycles. The monoisotopic (exact) mass is 307 g/mol. The second-order valence-corrected chi connectivity index (χ2v) is 6.36. The maximum absolute atomic E-state index is 11.5. The third kappa shape index (κ3) is 4.09. The Labute approximate surface area is 130 Å². The minimum Gasteiger partial charge on any atom is -0.503 e. The van der Waals surface area contributed by atoms with Crippen LogP contribution in [-0.4, -0.2) is 65.8 Å². The maximum Gasteiger partial charge on any atom is 0.223 e. The zero-order chi connectivity index (χ0) is 15.4. The Bertz CT molecular complexity index is 540. The van der Waals surface area contributed by atoms with Crippen molar-refractivity contribution in [3.63, 3.8) is 0 Å². The molecule has 2 aliphatic rings. The van der Waals surface area contributed by atoms with Crippen LogP contribution < -0.4 is 5.43 Å². The highest BCUT2D eigenvalue weighted by Gasteiger charge is 2.23. The van der Waals surface area contributed by atoms with Crippen molar-refractivity contribution in [1.29, 1.82) is 0 Å². The van der Waals surface area contributed by atoms with Gasteiger partial charge in [0.05, 0.1) is 13.2 Å². The van der Waals surface area contributed by atoms with Gasteiger partial charge in [-0.05, 0) is 25.3 Å². The summed E-state index contributed by atoms with van der Waals surface area (Å²) in [7, 11) is 0. The fraction of sp³-hybridized carbons (Fsp3) is 0.688. The Kier molecular flexibility index (Phi) is 5.12. The smallest absolute Gasteiger partial charge is 0.223 e. The van der Waals surface area contributed by atoms with Crippen LogP contribution in [0.2, 0.25) is 0 Å². The van der Waals surface area contributed by atoms with E-state index in [2.05, 4.69) is 14.8 Å². The molecule has 0 spiro atoms. The van der Waals surface area contributed by atoms with Crippen molar-refractivity contribution in [2.24, 2.45) is 5.92 Å². The summed E-state index contributed by atoms with van der Waals surface area (Å²) in [5, 5.41) is 9.30. The van der Waals surface area contributed by atoms with Crippen LogP contribution in [0.15, 0.2) is 17.1 Å². The highest BCUT2D eigenvalue weighted by molar-refractivity contribution is 5.18. The first-order chi connectivity index (χ1) is 10.7. The lowest BCUT2D eigenvalue weighted by Crippen LogP contribution is -2.44. The van der Waals surface area contributed by atoms with Crippen molar-refractivity contribution in [2.45, 2.75) is 19.4 Å². The fourth-order valence-corrected chi connectivity index (χ4v) is 3.43. The predicted octanol–water partition coefficient (Wildman–Crippen LogP) is 0.625. The van der Waals surface area contributed by atoms with Crippen molar-refractivity contribution in [1.82, 2.24) is 14.8 Å². The molecule has 6 heteroatoms. The van der Waals surface area contributed by atoms with E-state index < -0.39 is 0 Å². The number of piperidine rings is 1. The lowest BCUT2D eigenvalue weighted by atomic mass is 9.97. The van der Waals surface area contributed by atoms with E-state index in [0.29, 0.717) is 5.92 Å². The summed E-state index contributed by atoms with van der Waals surface area (Å²) < 4.78 is 5.40. The van der Waals surface area contributed by atoms with Crippen LogP contribution in [0, 0.1) is 5.92 Å². The number of aromatic nitrogens is 1. The molecule has 0 bridgehead atoms. The van der Waals surface area contributed by atoms with Crippen LogP contribution in [0.3, 0.4) is 0 Å². The average molecular weight is 307 g/mol. The minimum atomic E-state index is -0.310. The number of morpholine rings is 1. The van der Waals surface area contributed by atoms with E-state index in [1.54, 1.807) is 0 Å². The molecule has 0 aromatic carbocycles. The molecule has 122 valence electrons. The molecule has 3 rings (SSSR count). The van der Waals surface area contributed by atoms with Gasteiger partial charge in [0.1, 0.15) is 0 Å². The van der Waals surface area contributed by atoms with Gasteiger partial charge in [0.15, 0.2) is 5.75 Å². The van der Waals surface area contributed by atoms with Crippen molar-refractivity contribution in [3.8, 4) is 5.75 Å². The average Bonchev–Trinajstić information content (AvgIpc) is 2.52. The molecule has 1 aromatic rings. The summed E-state index contributed by atoms with van der Waals surface area (Å²) in [5.74, 6) is 0.475. The first-order valence-electron chi connectivity index (χ1n) is 8.14. The van der Waals surface area contributed by atoms with Gasteiger partial charge in [0.25, 0.3) is 0 Å². The quantitative estimate of drug-likeness (QED) is 0.854. The zero-order valence-corrected chi connectivity index (χ0v) is 13.0. The number of pyridine rings is 1. The Balaban J connectivity index is 1.53. The number of likely N-dealkylation sites (tertiary alicyclic amines) is 1. The van der Waals surface area contributed by atoms with E-state index in [-0.39, 0.29) is 11.2 Å². The van der Waals surface area contributed by atoms with Gasteiger partial charge in [0, 0.05) is 50.7 Å². The molecule has 2 aliphatic heterocycles. The number of ether oxygens (including phenoxy) is 1. The normalized spacial score (nSPS) is 24.5. The van der Waals surface area contributed by atoms with Crippen LogP contribution >= 0.6 is 0 Å². The molecule has 0 saturated carbocycles. The number of H-pyrrole nitrogens is 1. The number of hydrogen-bond acceptors (Lipinski definition) is 5. The Morgan fingerprint density at radius 1 is 1.27 bits per heavy atom. The van der Waals surface area contributed by atoms with E-state index in [9.17, 15) is 9.90 Å². The van der Waals surface area contributed by atoms with Crippen LogP contribution in [0.5, 0.6) is 5.75 Å². The van der Waals surface area contributed by atoms with Gasteiger partial charge in [-0.3, -0.25) is 14.6 Å². The molecule has 0 radical (unpaired) electrons. The second-order valence-electron chi connectivity index (χ2n) is 6.36. The van der Waals surface area contributed by atoms with Crippen LogP contribution in [0.1, 0.15) is 18.5 Å². The van der Waals surface area contributed by atoms with Crippen molar-refractivity contribution >= 4 is 0 Å². The second kappa shape index (κ2) is 7.26. The summed E-state index contributed by atoms with van der Waals surface area (Å²) in [4.78, 5) is 19.4. The van der Waals surface area contributed by atoms with Crippen molar-refractivity contribution in [2.75, 3.05) is 45.9 Å². The van der Waals surface area contributed by atoms with Gasteiger partial charge in [0.2, 0.25) is 5.43 Å². The summed E-state index contributed by atoms with van der Waals surface area (Å²) in [5.41, 5.74) is 0.561. The first kappa shape index (κ1) is 15.5. The highest BCUT2D eigenvalue weighted by Crippen LogP contribution is 2.19. The topological polar surface area (TPSA) is 68.8 Å². The number of hydrogen-bond donors (Lipinski definition) is 2. The van der Waals surface area contributed by atoms with Gasteiger partial charge >= 0.3 is 0 Å². The lowest BCUT2D eigenvalue weighted by molar-refractivity contribution is 0.0223. The Morgan fingerprint density at radius 3 is 2.86 bits per heavy atom. The van der Waals surface area contributed by atoms with Gasteiger partial charge in [-0.25, -0.2) is 0 Å². The molecule has 2 fully saturated rings. The molecule has 1 unspecified atom stereocenters. The van der Waals surface area contributed by atoms with E-state index in [1.807, 2.05) is 0 Å². The first-order valence-corrected chi connectivity index (χ1v) is 8.14. The molecular formula is C16H25N3O3. The SMILES string of the molecule is O=c1cc(CN2CCCC(CN3CCOCC3)C2)[nH]cc1O. The fourth-order valence-electron chi connectivity index (χ4n) is 3.43. The molecule has 0 amide bonds. The van der Waals surface area contributed by atoms with Crippen LogP contribution in [-0.2, 0) is 11.3 Å². The maximum atomic E-state index is 11.5. The molecule has 1 aromatic heterocycles. The number of rotatable bonds is 4. The van der Waals surface area contributed by atoms with Gasteiger partial charge in [-0.15, -0.1) is 0 Å². The molecule has 0 aliphatic carbocycles. The Morgan fingerprint density at radius 2 is 2.09 bits per heavy atom. The third-order valence-corrected chi connectivity index (χ3v) is 4.57. The molecule has 1 atom stereocenters. The van der Waals surface area contributed by atoms with E-state index in [0.717, 1.165) is 58.2 Å². The van der Waals surface area contributed by atoms with Gasteiger partial charge in [-0.2, -0.15) is 0 Å². The van der Waals surface area contributed by atoms with Crippen LogP contribution in [0.25, 0.3) is 0 Å². The number of aromatic amines is 1. The summed E-state index contributed by atoms with van der Waals surface area (Å²) >= 11 is 0. The van der Waals surface area contributed by atoms with E-state index in [1.165, 1.54) is 25.1 Å². The summed E-state index contributed by atoms with van der Waals surface area (Å²) in [6.45, 7) is 7.82. The molecular weight excluding hydrogens is 282 g/mol. The van der Waals surface area contributed by atoms with E-state index in [4.69, 9.17) is 4.74 Å². The Hall–Kier alpha value is -1.37. The third-order valence-electron chi connectivity index (χ3n) is 4.57. The van der Waals surface area contributed by atoms with E-state index >= 15 is 0 Å². The number of nitrogens with zero attached hydrogens (tertiary/aromatic N) is 2. The molecule has 6 nitrogen and oxygen atoms in total. The number of nitrogens with one attached hydrogen (secondary N) is 1. The van der Waals surface area contributed by atoms with Crippen molar-refractivity contribution < 1.29 is 9.84 Å². The largest absolute Gasteiger partial charge is 0.503 e. The molecule has 22 heavy (non-hydrogen) atoms. The standard InChI is InChI=1S/C16H25N3O3/c20-15-8-14(17-9-16(15)21)12-19-3-1-2-13(11-19)10-18-4-6-22-7-5-18/h8-9,13,21H,1-7,10-12H2,(H,17,20). The predicted molar refractivity (Wildman–Crippen MR) is 84.0 cm³/mol. The van der Waals surface area contributed by atoms with Gasteiger partial charge in [-0.1, -0.05) is 0 Å². The molecule has 2 saturated heterocycles. The lowest BCUT2D eigenvalue weighted by Gasteiger charge is -2.36. The number of aromatic hydroxyl groups is 1. The molecule has 2 N–H and O–H groups in total. The zero-order valence-electron chi connectivity index (χ0n) is 13.0. The summed E-state index contributed by atoms with van der Waals surface area (Å²) in [6.07, 6.45) is 3.87. The van der Waals surface area contributed by atoms with Crippen LogP contribution in [0.4, 0.5) is 0 Å². The van der Waals surface area contributed by atoms with Gasteiger partial charge < -0.3 is 14.8 Å². The van der Waals surface area contributed by atoms with Crippen molar-refractivity contribution in [3.05, 3.63) is 28.2 Å².